The molecule has 0 radical (unpaired) electrons. The topological polar surface area (TPSA) is 52.7 Å². The fourth-order valence-electron chi connectivity index (χ4n) is 4.23. The molecule has 3 aromatic carbocycles. The van der Waals surface area contributed by atoms with Crippen LogP contribution >= 0.6 is 0 Å². The number of amides is 2. The summed E-state index contributed by atoms with van der Waals surface area (Å²) in [5.41, 5.74) is 2.84. The number of carbonyl (C=O) groups is 2. The van der Waals surface area contributed by atoms with E-state index < -0.39 is 17.8 Å². The van der Waals surface area contributed by atoms with E-state index in [9.17, 15) is 22.8 Å². The normalized spacial score (nSPS) is 15.4. The minimum Gasteiger partial charge on any atom is -0.350 e. The molecule has 1 atom stereocenters. The van der Waals surface area contributed by atoms with Crippen LogP contribution in [0.15, 0.2) is 72.8 Å². The first-order valence-electron chi connectivity index (χ1n) is 11.2. The average Bonchev–Trinajstić information content (AvgIpc) is 3.09. The smallest absolute Gasteiger partial charge is 0.350 e. The van der Waals surface area contributed by atoms with Crippen molar-refractivity contribution in [1.82, 2.24) is 15.1 Å². The molecule has 0 saturated heterocycles. The number of alkyl halides is 3. The summed E-state index contributed by atoms with van der Waals surface area (Å²) in [7, 11) is 3.98. The lowest BCUT2D eigenvalue weighted by Gasteiger charge is -2.25. The predicted octanol–water partition coefficient (Wildman–Crippen LogP) is 4.78. The number of fused-ring (bicyclic) bond motifs is 1. The van der Waals surface area contributed by atoms with Gasteiger partial charge in [0.25, 0.3) is 5.91 Å². The van der Waals surface area contributed by atoms with Crippen molar-refractivity contribution in [2.75, 3.05) is 14.1 Å². The zero-order valence-corrected chi connectivity index (χ0v) is 19.5. The molecular formula is C27H26F3N3O2. The SMILES string of the molecule is CN(C)Cc1ccc(CNC(=O)C2c3ccccc3C(=O)N2Cc2ccc(C(F)(F)F)cc2)cc1. The Labute approximate surface area is 202 Å². The van der Waals surface area contributed by atoms with E-state index in [1.54, 1.807) is 24.3 Å². The lowest BCUT2D eigenvalue weighted by atomic mass is 10.0. The third-order valence-electron chi connectivity index (χ3n) is 5.93. The van der Waals surface area contributed by atoms with Gasteiger partial charge in [-0.3, -0.25) is 9.59 Å². The molecule has 0 bridgehead atoms. The largest absolute Gasteiger partial charge is 0.416 e. The van der Waals surface area contributed by atoms with Crippen molar-refractivity contribution in [3.8, 4) is 0 Å². The van der Waals surface area contributed by atoms with Crippen molar-refractivity contribution in [2.24, 2.45) is 0 Å². The predicted molar refractivity (Wildman–Crippen MR) is 126 cm³/mol. The first-order chi connectivity index (χ1) is 16.6. The second-order valence-electron chi connectivity index (χ2n) is 8.89. The molecule has 2 amide bonds. The monoisotopic (exact) mass is 481 g/mol. The summed E-state index contributed by atoms with van der Waals surface area (Å²) in [5.74, 6) is -0.665. The highest BCUT2D eigenvalue weighted by molar-refractivity contribution is 6.04. The van der Waals surface area contributed by atoms with Gasteiger partial charge in [0.15, 0.2) is 0 Å². The number of hydrogen-bond donors (Lipinski definition) is 1. The van der Waals surface area contributed by atoms with Gasteiger partial charge in [0.2, 0.25) is 5.91 Å². The van der Waals surface area contributed by atoms with Crippen LogP contribution < -0.4 is 5.32 Å². The second kappa shape index (κ2) is 9.92. The molecule has 5 nitrogen and oxygen atoms in total. The molecule has 1 N–H and O–H groups in total. The Balaban J connectivity index is 1.51. The van der Waals surface area contributed by atoms with Crippen molar-refractivity contribution in [1.29, 1.82) is 0 Å². The van der Waals surface area contributed by atoms with E-state index in [2.05, 4.69) is 10.2 Å². The molecule has 0 aromatic heterocycles. The average molecular weight is 482 g/mol. The minimum atomic E-state index is -4.44. The molecule has 0 spiro atoms. The summed E-state index contributed by atoms with van der Waals surface area (Å²) in [6.07, 6.45) is -4.44. The van der Waals surface area contributed by atoms with E-state index >= 15 is 0 Å². The maximum absolute atomic E-state index is 13.3. The van der Waals surface area contributed by atoms with Gasteiger partial charge >= 0.3 is 6.18 Å². The highest BCUT2D eigenvalue weighted by Crippen LogP contribution is 2.35. The van der Waals surface area contributed by atoms with Crippen LogP contribution in [0.5, 0.6) is 0 Å². The number of carbonyl (C=O) groups excluding carboxylic acids is 2. The number of halogens is 3. The summed E-state index contributed by atoms with van der Waals surface area (Å²) in [5, 5.41) is 2.92. The molecule has 35 heavy (non-hydrogen) atoms. The van der Waals surface area contributed by atoms with Crippen molar-refractivity contribution >= 4 is 11.8 Å². The van der Waals surface area contributed by atoms with Gasteiger partial charge in [0, 0.05) is 25.2 Å². The molecule has 3 aromatic rings. The first-order valence-corrected chi connectivity index (χ1v) is 11.2. The number of rotatable bonds is 7. The number of nitrogens with one attached hydrogen (secondary N) is 1. The van der Waals surface area contributed by atoms with Gasteiger partial charge in [0.05, 0.1) is 5.56 Å². The lowest BCUT2D eigenvalue weighted by Crippen LogP contribution is -2.38. The fraction of sp³-hybridized carbons (Fsp3) is 0.259. The molecule has 4 rings (SSSR count). The van der Waals surface area contributed by atoms with Gasteiger partial charge < -0.3 is 15.1 Å². The van der Waals surface area contributed by atoms with Crippen molar-refractivity contribution in [3.05, 3.63) is 106 Å². The number of hydrogen-bond acceptors (Lipinski definition) is 3. The van der Waals surface area contributed by atoms with Crippen LogP contribution in [0.25, 0.3) is 0 Å². The summed E-state index contributed by atoms with van der Waals surface area (Å²) in [6, 6.07) is 18.6. The number of nitrogens with zero attached hydrogens (tertiary/aromatic N) is 2. The molecule has 1 heterocycles. The van der Waals surface area contributed by atoms with Gasteiger partial charge in [0.1, 0.15) is 6.04 Å². The highest BCUT2D eigenvalue weighted by Gasteiger charge is 2.40. The van der Waals surface area contributed by atoms with E-state index in [4.69, 9.17) is 0 Å². The van der Waals surface area contributed by atoms with Gasteiger partial charge in [-0.15, -0.1) is 0 Å². The van der Waals surface area contributed by atoms with Crippen LogP contribution in [0, 0.1) is 0 Å². The second-order valence-corrected chi connectivity index (χ2v) is 8.89. The third-order valence-corrected chi connectivity index (χ3v) is 5.93. The minimum absolute atomic E-state index is 0.0168. The Bertz CT molecular complexity index is 1210. The maximum Gasteiger partial charge on any atom is 0.416 e. The van der Waals surface area contributed by atoms with Gasteiger partial charge in [-0.25, -0.2) is 0 Å². The molecule has 8 heteroatoms. The van der Waals surface area contributed by atoms with Crippen LogP contribution in [0.3, 0.4) is 0 Å². The van der Waals surface area contributed by atoms with E-state index in [1.807, 2.05) is 38.4 Å². The number of benzene rings is 3. The van der Waals surface area contributed by atoms with E-state index in [0.29, 0.717) is 23.2 Å². The summed E-state index contributed by atoms with van der Waals surface area (Å²) in [4.78, 5) is 29.8. The Kier molecular flexibility index (Phi) is 6.93. The first kappa shape index (κ1) is 24.5. The van der Waals surface area contributed by atoms with Gasteiger partial charge in [-0.05, 0) is 54.5 Å². The van der Waals surface area contributed by atoms with E-state index in [0.717, 1.165) is 29.8 Å². The van der Waals surface area contributed by atoms with Crippen molar-refractivity contribution in [3.63, 3.8) is 0 Å². The Morgan fingerprint density at radius 2 is 1.51 bits per heavy atom. The van der Waals surface area contributed by atoms with Crippen LogP contribution in [0.2, 0.25) is 0 Å². The summed E-state index contributed by atoms with van der Waals surface area (Å²) < 4.78 is 38.7. The Morgan fingerprint density at radius 3 is 2.14 bits per heavy atom. The Hall–Kier alpha value is -3.65. The molecule has 0 saturated carbocycles. The van der Waals surface area contributed by atoms with Crippen LogP contribution in [0.4, 0.5) is 13.2 Å². The fourth-order valence-corrected chi connectivity index (χ4v) is 4.23. The summed E-state index contributed by atoms with van der Waals surface area (Å²) in [6.45, 7) is 1.12. The summed E-state index contributed by atoms with van der Waals surface area (Å²) >= 11 is 0. The molecular weight excluding hydrogens is 455 g/mol. The molecule has 1 aliphatic rings. The van der Waals surface area contributed by atoms with Crippen LogP contribution in [-0.2, 0) is 30.6 Å². The molecule has 1 aliphatic heterocycles. The zero-order chi connectivity index (χ0) is 25.2. The Morgan fingerprint density at radius 1 is 0.914 bits per heavy atom. The van der Waals surface area contributed by atoms with Gasteiger partial charge in [-0.2, -0.15) is 13.2 Å². The molecule has 1 unspecified atom stereocenters. The standard InChI is InChI=1S/C27H26F3N3O2/c1-32(2)16-19-9-7-18(8-10-19)15-31-25(34)24-22-5-3-4-6-23(22)26(35)33(24)17-20-11-13-21(14-12-20)27(28,29)30/h3-14,24H,15-17H2,1-2H3,(H,31,34). The lowest BCUT2D eigenvalue weighted by molar-refractivity contribution is -0.137. The molecule has 0 fully saturated rings. The molecule has 182 valence electrons. The third kappa shape index (κ3) is 5.54. The molecule has 0 aliphatic carbocycles. The van der Waals surface area contributed by atoms with Crippen LogP contribution in [-0.4, -0.2) is 35.7 Å². The quantitative estimate of drug-likeness (QED) is 0.529. The van der Waals surface area contributed by atoms with Crippen molar-refractivity contribution in [2.45, 2.75) is 31.9 Å². The van der Waals surface area contributed by atoms with E-state index in [-0.39, 0.29) is 18.4 Å². The zero-order valence-electron chi connectivity index (χ0n) is 19.5. The van der Waals surface area contributed by atoms with Gasteiger partial charge in [-0.1, -0.05) is 54.6 Å². The highest BCUT2D eigenvalue weighted by atomic mass is 19.4. The van der Waals surface area contributed by atoms with E-state index in [1.165, 1.54) is 17.0 Å². The van der Waals surface area contributed by atoms with Crippen molar-refractivity contribution < 1.29 is 22.8 Å². The van der Waals surface area contributed by atoms with Crippen LogP contribution in [0.1, 0.15) is 44.2 Å². The maximum atomic E-state index is 13.3.